The second kappa shape index (κ2) is 15.0. The highest BCUT2D eigenvalue weighted by atomic mass is 15.2. The number of pyridine rings is 1. The summed E-state index contributed by atoms with van der Waals surface area (Å²) in [4.78, 5) is 10.3. The maximum Gasteiger partial charge on any atom is 0.136 e. The highest BCUT2D eigenvalue weighted by Crippen LogP contribution is 2.46. The second-order valence-electron chi connectivity index (χ2n) is 15.8. The van der Waals surface area contributed by atoms with Gasteiger partial charge in [-0.05, 0) is 41.0 Å². The molecule has 4 aromatic carbocycles. The minimum atomic E-state index is 0.125. The molecule has 4 aliphatic rings. The van der Waals surface area contributed by atoms with E-state index in [9.17, 15) is 0 Å². The van der Waals surface area contributed by atoms with Crippen molar-refractivity contribution in [3.63, 3.8) is 0 Å². The van der Waals surface area contributed by atoms with Crippen LogP contribution < -0.4 is 0 Å². The zero-order valence-corrected chi connectivity index (χ0v) is 32.6. The van der Waals surface area contributed by atoms with Gasteiger partial charge < -0.3 is 0 Å². The maximum absolute atomic E-state index is 5.69. The molecule has 0 bridgehead atoms. The van der Waals surface area contributed by atoms with Gasteiger partial charge in [0.15, 0.2) is 0 Å². The first-order valence-electron chi connectivity index (χ1n) is 20.8. The molecule has 4 nitrogen and oxygen atoms in total. The lowest BCUT2D eigenvalue weighted by Crippen LogP contribution is -2.12. The van der Waals surface area contributed by atoms with Gasteiger partial charge in [-0.1, -0.05) is 200 Å². The number of nitrogens with zero attached hydrogens (tertiary/aromatic N) is 4. The lowest BCUT2D eigenvalue weighted by molar-refractivity contribution is 0.662. The van der Waals surface area contributed by atoms with Crippen LogP contribution in [0.5, 0.6) is 0 Å². The van der Waals surface area contributed by atoms with Gasteiger partial charge in [0, 0.05) is 51.3 Å². The quantitative estimate of drug-likeness (QED) is 0.163. The Balaban J connectivity index is 1.12. The zero-order chi connectivity index (χ0) is 39.1. The third-order valence-electron chi connectivity index (χ3n) is 12.2. The summed E-state index contributed by atoms with van der Waals surface area (Å²) >= 11 is 0. The molecule has 7 aromatic rings. The van der Waals surface area contributed by atoms with Gasteiger partial charge in [-0.3, -0.25) is 0 Å². The van der Waals surface area contributed by atoms with E-state index in [0.29, 0.717) is 11.8 Å². The molecular weight excluding hydrogens is 717 g/mol. The van der Waals surface area contributed by atoms with Crippen LogP contribution in [0.15, 0.2) is 206 Å². The van der Waals surface area contributed by atoms with E-state index in [1.54, 1.807) is 0 Å². The summed E-state index contributed by atoms with van der Waals surface area (Å²) in [6, 6.07) is 41.3. The lowest BCUT2D eigenvalue weighted by atomic mass is 9.81. The molecule has 4 aliphatic carbocycles. The molecule has 0 spiro atoms. The fourth-order valence-corrected chi connectivity index (χ4v) is 9.25. The van der Waals surface area contributed by atoms with E-state index in [1.165, 1.54) is 33.2 Å². The SMILES string of the molecule is C1=CCC(c2nc(-c3ccccc3)cc(-c3ccc(-c4c(C5C=CC=CC5)n5nc(C6=CC7C=CC=CC7C=C6)c(-c6ccccc6)c5c5ccccc45)cc3)n2)C=C1. The standard InChI is InChI=1S/C55H42N4/c1-5-18-38(19-6-1)48-36-49(57-55(56-48)43-24-11-4-12-25-43)39-30-32-41(33-31-39)50-46-27-15-16-28-47(46)54-51(40-20-7-2-8-21-40)52(45-34-29-37-17-13-14-26-44(37)35-45)58-59(54)53(50)42-22-9-3-10-23-42/h1-22,24,26-37,42-44H,23,25H2. The van der Waals surface area contributed by atoms with Crippen LogP contribution in [-0.2, 0) is 0 Å². The van der Waals surface area contributed by atoms with Crippen molar-refractivity contribution in [2.75, 3.05) is 0 Å². The number of hydrogen-bond donors (Lipinski definition) is 0. The molecule has 59 heavy (non-hydrogen) atoms. The van der Waals surface area contributed by atoms with Crippen LogP contribution in [0.1, 0.15) is 41.9 Å². The number of hydrogen-bond acceptors (Lipinski definition) is 3. The topological polar surface area (TPSA) is 43.1 Å². The lowest BCUT2D eigenvalue weighted by Gasteiger charge is -2.23. The Labute approximate surface area is 345 Å². The van der Waals surface area contributed by atoms with Crippen molar-refractivity contribution >= 4 is 21.9 Å². The molecule has 0 saturated carbocycles. The molecule has 0 aliphatic heterocycles. The summed E-state index contributed by atoms with van der Waals surface area (Å²) in [5.74, 6) is 1.78. The number of allylic oxidation sites excluding steroid dienone is 16. The molecule has 3 heterocycles. The molecule has 0 N–H and O–H groups in total. The third kappa shape index (κ3) is 6.38. The maximum atomic E-state index is 5.69. The van der Waals surface area contributed by atoms with E-state index in [0.717, 1.165) is 63.5 Å². The number of fused-ring (bicyclic) bond motifs is 4. The van der Waals surface area contributed by atoms with Crippen molar-refractivity contribution in [3.8, 4) is 44.8 Å². The molecule has 0 amide bonds. The van der Waals surface area contributed by atoms with Crippen LogP contribution in [0.4, 0.5) is 0 Å². The summed E-state index contributed by atoms with van der Waals surface area (Å²) in [5, 5.41) is 8.09. The highest BCUT2D eigenvalue weighted by molar-refractivity contribution is 6.12. The molecule has 4 unspecified atom stereocenters. The Hall–Kier alpha value is -7.17. The Morgan fingerprint density at radius 3 is 1.76 bits per heavy atom. The van der Waals surface area contributed by atoms with E-state index in [1.807, 2.05) is 6.07 Å². The van der Waals surface area contributed by atoms with E-state index < -0.39 is 0 Å². The Morgan fingerprint density at radius 2 is 1.07 bits per heavy atom. The van der Waals surface area contributed by atoms with E-state index in [-0.39, 0.29) is 11.8 Å². The van der Waals surface area contributed by atoms with Crippen molar-refractivity contribution in [2.45, 2.75) is 24.7 Å². The van der Waals surface area contributed by atoms with Gasteiger partial charge >= 0.3 is 0 Å². The van der Waals surface area contributed by atoms with Crippen LogP contribution >= 0.6 is 0 Å². The zero-order valence-electron chi connectivity index (χ0n) is 32.6. The van der Waals surface area contributed by atoms with Crippen molar-refractivity contribution in [1.29, 1.82) is 0 Å². The summed E-state index contributed by atoms with van der Waals surface area (Å²) in [6.07, 6.45) is 35.3. The normalized spacial score (nSPS) is 20.4. The van der Waals surface area contributed by atoms with Crippen LogP contribution in [0.2, 0.25) is 0 Å². The van der Waals surface area contributed by atoms with Gasteiger partial charge in [0.25, 0.3) is 0 Å². The summed E-state index contributed by atoms with van der Waals surface area (Å²) in [7, 11) is 0. The minimum Gasteiger partial charge on any atom is -0.235 e. The van der Waals surface area contributed by atoms with E-state index >= 15 is 0 Å². The molecule has 0 saturated heterocycles. The first-order valence-corrected chi connectivity index (χ1v) is 20.8. The smallest absolute Gasteiger partial charge is 0.136 e. The first kappa shape index (κ1) is 35.0. The predicted octanol–water partition coefficient (Wildman–Crippen LogP) is 13.5. The third-order valence-corrected chi connectivity index (χ3v) is 12.2. The summed E-state index contributed by atoms with van der Waals surface area (Å²) in [5.41, 5.74) is 13.2. The molecule has 0 radical (unpaired) electrons. The van der Waals surface area contributed by atoms with E-state index in [2.05, 4.69) is 205 Å². The molecule has 4 atom stereocenters. The Bertz CT molecular complexity index is 2990. The van der Waals surface area contributed by atoms with Crippen LogP contribution in [0, 0.1) is 11.8 Å². The number of aromatic nitrogens is 4. The predicted molar refractivity (Wildman–Crippen MR) is 244 cm³/mol. The van der Waals surface area contributed by atoms with Gasteiger partial charge in [0.05, 0.1) is 22.6 Å². The van der Waals surface area contributed by atoms with Crippen molar-refractivity contribution < 1.29 is 0 Å². The van der Waals surface area contributed by atoms with Gasteiger partial charge in [-0.15, -0.1) is 0 Å². The van der Waals surface area contributed by atoms with Crippen molar-refractivity contribution in [2.24, 2.45) is 11.8 Å². The van der Waals surface area contributed by atoms with Crippen molar-refractivity contribution in [3.05, 3.63) is 224 Å². The number of rotatable bonds is 7. The van der Waals surface area contributed by atoms with E-state index in [4.69, 9.17) is 15.1 Å². The molecular formula is C55H42N4. The highest BCUT2D eigenvalue weighted by Gasteiger charge is 2.29. The average molecular weight is 759 g/mol. The number of benzene rings is 4. The van der Waals surface area contributed by atoms with Gasteiger partial charge in [-0.2, -0.15) is 5.10 Å². The second-order valence-corrected chi connectivity index (χ2v) is 15.8. The first-order chi connectivity index (χ1) is 29.3. The molecule has 4 heteroatoms. The Kier molecular flexibility index (Phi) is 8.89. The molecule has 0 fully saturated rings. The largest absolute Gasteiger partial charge is 0.235 e. The van der Waals surface area contributed by atoms with Crippen molar-refractivity contribution in [1.82, 2.24) is 19.6 Å². The van der Waals surface area contributed by atoms with Gasteiger partial charge in [0.2, 0.25) is 0 Å². The Morgan fingerprint density at radius 1 is 0.492 bits per heavy atom. The average Bonchev–Trinajstić information content (AvgIpc) is 3.73. The van der Waals surface area contributed by atoms with Crippen LogP contribution in [0.25, 0.3) is 66.6 Å². The molecule has 3 aromatic heterocycles. The van der Waals surface area contributed by atoms with Gasteiger partial charge in [-0.25, -0.2) is 14.5 Å². The van der Waals surface area contributed by atoms with Crippen LogP contribution in [-0.4, -0.2) is 19.6 Å². The van der Waals surface area contributed by atoms with Crippen LogP contribution in [0.3, 0.4) is 0 Å². The summed E-state index contributed by atoms with van der Waals surface area (Å²) in [6.45, 7) is 0. The molecule has 11 rings (SSSR count). The minimum absolute atomic E-state index is 0.125. The molecule has 282 valence electrons. The summed E-state index contributed by atoms with van der Waals surface area (Å²) < 4.78 is 2.30. The monoisotopic (exact) mass is 758 g/mol. The fourth-order valence-electron chi connectivity index (χ4n) is 9.25. The van der Waals surface area contributed by atoms with Gasteiger partial charge in [0.1, 0.15) is 11.5 Å². The fraction of sp³-hybridized carbons (Fsp3) is 0.109.